The van der Waals surface area contributed by atoms with Crippen LogP contribution in [0.4, 0.5) is 10.1 Å². The summed E-state index contributed by atoms with van der Waals surface area (Å²) in [6, 6.07) is 22.8. The van der Waals surface area contributed by atoms with E-state index in [9.17, 15) is 9.18 Å². The van der Waals surface area contributed by atoms with Gasteiger partial charge in [0.2, 0.25) is 0 Å². The maximum absolute atomic E-state index is 13.5. The molecule has 0 radical (unpaired) electrons. The van der Waals surface area contributed by atoms with Crippen LogP contribution in [0.15, 0.2) is 85.1 Å². The Kier molecular flexibility index (Phi) is 5.97. The number of ether oxygens (including phenoxy) is 1. The highest BCUT2D eigenvalue weighted by Crippen LogP contribution is 2.30. The van der Waals surface area contributed by atoms with Crippen LogP contribution in [0.2, 0.25) is 0 Å². The predicted octanol–water partition coefficient (Wildman–Crippen LogP) is 6.19. The average molecular weight is 467 g/mol. The summed E-state index contributed by atoms with van der Waals surface area (Å²) in [6.45, 7) is 4.31. The second-order valence-electron chi connectivity index (χ2n) is 7.99. The Balaban J connectivity index is 1.57. The number of hydrogen-bond donors (Lipinski definition) is 1. The number of nitrogens with zero attached hydrogens (tertiary/aromatic N) is 3. The van der Waals surface area contributed by atoms with Crippen LogP contribution in [0, 0.1) is 12.7 Å². The van der Waals surface area contributed by atoms with Crippen molar-refractivity contribution >= 4 is 22.5 Å². The van der Waals surface area contributed by atoms with Gasteiger partial charge in [0.05, 0.1) is 46.6 Å². The average Bonchev–Trinajstić information content (AvgIpc) is 3.26. The molecule has 6 nitrogen and oxygen atoms in total. The van der Waals surface area contributed by atoms with Gasteiger partial charge >= 0.3 is 0 Å². The standard InChI is InChI=1S/C28H23FN4O2/c1-3-35-27-11-7-6-10-25(27)32-28(34)22-16-26(31-24-9-5-4-8-21(22)24)23-17-30-33(18(23)2)20-14-12-19(29)13-15-20/h4-17H,3H2,1-2H3,(H,32,34). The van der Waals surface area contributed by atoms with E-state index in [4.69, 9.17) is 9.72 Å². The van der Waals surface area contributed by atoms with Gasteiger partial charge in [0.1, 0.15) is 11.6 Å². The molecule has 0 atom stereocenters. The van der Waals surface area contributed by atoms with Crippen LogP contribution in [0.25, 0.3) is 27.8 Å². The number of para-hydroxylation sites is 3. The lowest BCUT2D eigenvalue weighted by molar-refractivity contribution is 0.102. The Bertz CT molecular complexity index is 1530. The largest absolute Gasteiger partial charge is 0.492 e. The van der Waals surface area contributed by atoms with Gasteiger partial charge in [-0.3, -0.25) is 4.79 Å². The molecule has 0 spiro atoms. The second kappa shape index (κ2) is 9.38. The highest BCUT2D eigenvalue weighted by Gasteiger charge is 2.18. The molecule has 1 amide bonds. The summed E-state index contributed by atoms with van der Waals surface area (Å²) in [4.78, 5) is 18.3. The van der Waals surface area contributed by atoms with Crippen molar-refractivity contribution in [2.75, 3.05) is 11.9 Å². The van der Waals surface area contributed by atoms with Crippen LogP contribution in [0.1, 0.15) is 23.0 Å². The molecular formula is C28H23FN4O2. The molecule has 0 aliphatic carbocycles. The number of hydrogen-bond acceptors (Lipinski definition) is 4. The third-order valence-electron chi connectivity index (χ3n) is 5.75. The first-order valence-electron chi connectivity index (χ1n) is 11.3. The number of amides is 1. The van der Waals surface area contributed by atoms with Gasteiger partial charge in [0.15, 0.2) is 0 Å². The molecule has 0 unspecified atom stereocenters. The molecule has 0 bridgehead atoms. The van der Waals surface area contributed by atoms with Crippen molar-refractivity contribution in [3.8, 4) is 22.7 Å². The molecule has 5 aromatic rings. The van der Waals surface area contributed by atoms with E-state index in [-0.39, 0.29) is 11.7 Å². The molecule has 3 aromatic carbocycles. The minimum atomic E-state index is -0.309. The van der Waals surface area contributed by atoms with E-state index >= 15 is 0 Å². The fraction of sp³-hybridized carbons (Fsp3) is 0.107. The minimum absolute atomic E-state index is 0.263. The van der Waals surface area contributed by atoms with Gasteiger partial charge in [0.25, 0.3) is 5.91 Å². The molecule has 1 N–H and O–H groups in total. The quantitative estimate of drug-likeness (QED) is 0.324. The zero-order chi connectivity index (χ0) is 24.4. The fourth-order valence-corrected chi connectivity index (χ4v) is 4.05. The number of benzene rings is 3. The van der Waals surface area contributed by atoms with Gasteiger partial charge in [-0.05, 0) is 62.4 Å². The van der Waals surface area contributed by atoms with Crippen molar-refractivity contribution in [2.24, 2.45) is 0 Å². The molecule has 0 saturated heterocycles. The zero-order valence-corrected chi connectivity index (χ0v) is 19.3. The summed E-state index contributed by atoms with van der Waals surface area (Å²) in [5.41, 5.74) is 4.76. The van der Waals surface area contributed by atoms with Crippen LogP contribution in [0.5, 0.6) is 5.75 Å². The molecule has 0 aliphatic heterocycles. The lowest BCUT2D eigenvalue weighted by Gasteiger charge is -2.13. The Morgan fingerprint density at radius 1 is 1.03 bits per heavy atom. The summed E-state index contributed by atoms with van der Waals surface area (Å²) < 4.78 is 20.8. The number of halogens is 1. The van der Waals surface area contributed by atoms with Crippen LogP contribution in [-0.2, 0) is 0 Å². The Hall–Kier alpha value is -4.52. The summed E-state index contributed by atoms with van der Waals surface area (Å²) in [7, 11) is 0. The highest BCUT2D eigenvalue weighted by molar-refractivity contribution is 6.13. The molecule has 174 valence electrons. The predicted molar refractivity (Wildman–Crippen MR) is 135 cm³/mol. The lowest BCUT2D eigenvalue weighted by Crippen LogP contribution is -2.14. The number of fused-ring (bicyclic) bond motifs is 1. The Morgan fingerprint density at radius 2 is 1.77 bits per heavy atom. The molecule has 2 heterocycles. The first-order valence-corrected chi connectivity index (χ1v) is 11.3. The van der Waals surface area contributed by atoms with E-state index in [0.717, 1.165) is 22.3 Å². The van der Waals surface area contributed by atoms with Crippen LogP contribution >= 0.6 is 0 Å². The SMILES string of the molecule is CCOc1ccccc1NC(=O)c1cc(-c2cnn(-c3ccc(F)cc3)c2C)nc2ccccc12. The Labute approximate surface area is 202 Å². The highest BCUT2D eigenvalue weighted by atomic mass is 19.1. The van der Waals surface area contributed by atoms with E-state index < -0.39 is 0 Å². The first kappa shape index (κ1) is 22.3. The molecule has 0 fully saturated rings. The lowest BCUT2D eigenvalue weighted by atomic mass is 10.0. The van der Waals surface area contributed by atoms with Crippen molar-refractivity contribution in [3.63, 3.8) is 0 Å². The van der Waals surface area contributed by atoms with Gasteiger partial charge in [-0.25, -0.2) is 14.1 Å². The van der Waals surface area contributed by atoms with E-state index in [2.05, 4.69) is 10.4 Å². The maximum atomic E-state index is 13.5. The second-order valence-corrected chi connectivity index (χ2v) is 7.99. The molecule has 0 saturated carbocycles. The maximum Gasteiger partial charge on any atom is 0.256 e. The number of anilines is 1. The smallest absolute Gasteiger partial charge is 0.256 e. The number of aromatic nitrogens is 3. The van der Waals surface area contributed by atoms with E-state index in [1.165, 1.54) is 12.1 Å². The van der Waals surface area contributed by atoms with E-state index in [0.29, 0.717) is 34.8 Å². The summed E-state index contributed by atoms with van der Waals surface area (Å²) in [5.74, 6) is 0.0375. The molecule has 2 aromatic heterocycles. The number of carbonyl (C=O) groups excluding carboxylic acids is 1. The summed E-state index contributed by atoms with van der Waals surface area (Å²) in [6.07, 6.45) is 1.71. The van der Waals surface area contributed by atoms with Crippen molar-refractivity contribution in [3.05, 3.63) is 102 Å². The van der Waals surface area contributed by atoms with Gasteiger partial charge in [-0.15, -0.1) is 0 Å². The zero-order valence-electron chi connectivity index (χ0n) is 19.3. The molecule has 7 heteroatoms. The van der Waals surface area contributed by atoms with Crippen molar-refractivity contribution < 1.29 is 13.9 Å². The molecular weight excluding hydrogens is 443 g/mol. The van der Waals surface area contributed by atoms with Gasteiger partial charge in [0, 0.05) is 10.9 Å². The molecule has 0 aliphatic rings. The van der Waals surface area contributed by atoms with Crippen LogP contribution < -0.4 is 10.1 Å². The fourth-order valence-electron chi connectivity index (χ4n) is 4.05. The summed E-state index contributed by atoms with van der Waals surface area (Å²) >= 11 is 0. The molecule has 5 rings (SSSR count). The van der Waals surface area contributed by atoms with Gasteiger partial charge < -0.3 is 10.1 Å². The Morgan fingerprint density at radius 3 is 2.57 bits per heavy atom. The van der Waals surface area contributed by atoms with Crippen molar-refractivity contribution in [2.45, 2.75) is 13.8 Å². The van der Waals surface area contributed by atoms with Crippen LogP contribution in [0.3, 0.4) is 0 Å². The monoisotopic (exact) mass is 466 g/mol. The minimum Gasteiger partial charge on any atom is -0.492 e. The molecule has 35 heavy (non-hydrogen) atoms. The first-order chi connectivity index (χ1) is 17.0. The third kappa shape index (κ3) is 4.36. The van der Waals surface area contributed by atoms with Gasteiger partial charge in [-0.1, -0.05) is 30.3 Å². The third-order valence-corrected chi connectivity index (χ3v) is 5.75. The normalized spacial score (nSPS) is 10.9. The van der Waals surface area contributed by atoms with E-state index in [1.807, 2.05) is 62.4 Å². The summed E-state index contributed by atoms with van der Waals surface area (Å²) in [5, 5.41) is 8.21. The number of carbonyl (C=O) groups is 1. The van der Waals surface area contributed by atoms with Crippen molar-refractivity contribution in [1.82, 2.24) is 14.8 Å². The number of nitrogens with one attached hydrogen (secondary N) is 1. The van der Waals surface area contributed by atoms with E-state index in [1.54, 1.807) is 29.1 Å². The number of pyridine rings is 1. The topological polar surface area (TPSA) is 69.0 Å². The van der Waals surface area contributed by atoms with Crippen LogP contribution in [-0.4, -0.2) is 27.3 Å². The number of rotatable bonds is 6. The van der Waals surface area contributed by atoms with Crippen molar-refractivity contribution in [1.29, 1.82) is 0 Å². The van der Waals surface area contributed by atoms with Gasteiger partial charge in [-0.2, -0.15) is 5.10 Å².